The van der Waals surface area contributed by atoms with Crippen LogP contribution in [0.3, 0.4) is 0 Å². The molecule has 0 spiro atoms. The Balaban J connectivity index is 1.65. The third kappa shape index (κ3) is 4.39. The third-order valence-corrected chi connectivity index (χ3v) is 3.33. The summed E-state index contributed by atoms with van der Waals surface area (Å²) in [4.78, 5) is 20.2. The number of ether oxygens (including phenoxy) is 1. The molecule has 0 aliphatic rings. The Morgan fingerprint density at radius 3 is 2.67 bits per heavy atom. The van der Waals surface area contributed by atoms with E-state index in [4.69, 9.17) is 4.74 Å². The standard InChI is InChI=1S/C19H17N3O2/c1-14-10-18(21-13-20-14)22-16-8-5-9-17(12-16)24-19(23)11-15-6-3-2-4-7-15/h2-10,12-13H,11H2,1H3,(H,20,21,22). The van der Waals surface area contributed by atoms with Crippen molar-refractivity contribution in [3.63, 3.8) is 0 Å². The molecule has 0 radical (unpaired) electrons. The van der Waals surface area contributed by atoms with Gasteiger partial charge in [-0.05, 0) is 24.6 Å². The Morgan fingerprint density at radius 1 is 1.04 bits per heavy atom. The van der Waals surface area contributed by atoms with Crippen molar-refractivity contribution in [1.82, 2.24) is 9.97 Å². The summed E-state index contributed by atoms with van der Waals surface area (Å²) >= 11 is 0. The van der Waals surface area contributed by atoms with Crippen LogP contribution in [0.5, 0.6) is 5.75 Å². The summed E-state index contributed by atoms with van der Waals surface area (Å²) in [6.07, 6.45) is 1.74. The first-order chi connectivity index (χ1) is 11.7. The van der Waals surface area contributed by atoms with Gasteiger partial charge in [-0.15, -0.1) is 0 Å². The molecule has 5 nitrogen and oxygen atoms in total. The highest BCUT2D eigenvalue weighted by Crippen LogP contribution is 2.21. The molecule has 1 aromatic heterocycles. The van der Waals surface area contributed by atoms with Crippen LogP contribution in [0.15, 0.2) is 67.0 Å². The first kappa shape index (κ1) is 15.7. The number of anilines is 2. The number of rotatable bonds is 5. The Kier molecular flexibility index (Phi) is 4.81. The normalized spacial score (nSPS) is 10.2. The van der Waals surface area contributed by atoms with E-state index >= 15 is 0 Å². The average Bonchev–Trinajstić information content (AvgIpc) is 2.56. The topological polar surface area (TPSA) is 64.1 Å². The predicted octanol–water partition coefficient (Wildman–Crippen LogP) is 3.68. The zero-order valence-electron chi connectivity index (χ0n) is 13.3. The minimum atomic E-state index is -0.295. The van der Waals surface area contributed by atoms with Gasteiger partial charge in [-0.1, -0.05) is 36.4 Å². The number of carbonyl (C=O) groups excluding carboxylic acids is 1. The molecule has 1 N–H and O–H groups in total. The van der Waals surface area contributed by atoms with Crippen LogP contribution in [0.4, 0.5) is 11.5 Å². The van der Waals surface area contributed by atoms with Crippen LogP contribution in [0.1, 0.15) is 11.3 Å². The summed E-state index contributed by atoms with van der Waals surface area (Å²) in [5.74, 6) is 0.887. The van der Waals surface area contributed by atoms with E-state index in [0.29, 0.717) is 11.6 Å². The number of carbonyl (C=O) groups is 1. The minimum Gasteiger partial charge on any atom is -0.426 e. The molecular weight excluding hydrogens is 302 g/mol. The van der Waals surface area contributed by atoms with Crippen molar-refractivity contribution in [1.29, 1.82) is 0 Å². The monoisotopic (exact) mass is 319 g/mol. The predicted molar refractivity (Wildman–Crippen MR) is 92.3 cm³/mol. The quantitative estimate of drug-likeness (QED) is 0.574. The molecule has 1 heterocycles. The molecule has 0 bridgehead atoms. The van der Waals surface area contributed by atoms with Crippen LogP contribution >= 0.6 is 0 Å². The van der Waals surface area contributed by atoms with E-state index in [1.807, 2.05) is 55.5 Å². The SMILES string of the molecule is Cc1cc(Nc2cccc(OC(=O)Cc3ccccc3)c2)ncn1. The summed E-state index contributed by atoms with van der Waals surface area (Å²) in [6, 6.07) is 18.6. The van der Waals surface area contributed by atoms with Gasteiger partial charge in [0.1, 0.15) is 17.9 Å². The van der Waals surface area contributed by atoms with E-state index in [1.165, 1.54) is 6.33 Å². The molecule has 0 aliphatic carbocycles. The highest BCUT2D eigenvalue weighted by molar-refractivity contribution is 5.75. The van der Waals surface area contributed by atoms with Gasteiger partial charge in [-0.2, -0.15) is 0 Å². The fraction of sp³-hybridized carbons (Fsp3) is 0.105. The molecule has 0 saturated carbocycles. The van der Waals surface area contributed by atoms with Gasteiger partial charge in [0.2, 0.25) is 0 Å². The Bertz CT molecular complexity index is 835. The fourth-order valence-corrected chi connectivity index (χ4v) is 2.24. The lowest BCUT2D eigenvalue weighted by Gasteiger charge is -2.08. The molecule has 0 saturated heterocycles. The van der Waals surface area contributed by atoms with Gasteiger partial charge in [0.05, 0.1) is 6.42 Å². The van der Waals surface area contributed by atoms with Crippen molar-refractivity contribution in [3.05, 3.63) is 78.2 Å². The molecule has 0 aliphatic heterocycles. The maximum absolute atomic E-state index is 12.0. The van der Waals surface area contributed by atoms with E-state index in [-0.39, 0.29) is 12.4 Å². The second-order valence-corrected chi connectivity index (χ2v) is 5.33. The van der Waals surface area contributed by atoms with E-state index in [9.17, 15) is 4.79 Å². The molecule has 0 unspecified atom stereocenters. The van der Waals surface area contributed by atoms with Crippen LogP contribution in [0, 0.1) is 6.92 Å². The molecule has 0 atom stereocenters. The minimum absolute atomic E-state index is 0.240. The van der Waals surface area contributed by atoms with Gasteiger partial charge in [0, 0.05) is 23.5 Å². The number of hydrogen-bond acceptors (Lipinski definition) is 5. The molecule has 120 valence electrons. The van der Waals surface area contributed by atoms with Gasteiger partial charge in [-0.3, -0.25) is 4.79 Å². The number of aryl methyl sites for hydroxylation is 1. The molecular formula is C19H17N3O2. The largest absolute Gasteiger partial charge is 0.426 e. The fourth-order valence-electron chi connectivity index (χ4n) is 2.24. The second-order valence-electron chi connectivity index (χ2n) is 5.33. The van der Waals surface area contributed by atoms with Crippen molar-refractivity contribution in [2.24, 2.45) is 0 Å². The van der Waals surface area contributed by atoms with Crippen molar-refractivity contribution in [3.8, 4) is 5.75 Å². The zero-order chi connectivity index (χ0) is 16.8. The number of nitrogens with zero attached hydrogens (tertiary/aromatic N) is 2. The van der Waals surface area contributed by atoms with Gasteiger partial charge in [0.25, 0.3) is 0 Å². The van der Waals surface area contributed by atoms with E-state index in [2.05, 4.69) is 15.3 Å². The Hall–Kier alpha value is -3.21. The zero-order valence-corrected chi connectivity index (χ0v) is 13.3. The van der Waals surface area contributed by atoms with E-state index in [0.717, 1.165) is 16.9 Å². The second kappa shape index (κ2) is 7.37. The maximum atomic E-state index is 12.0. The van der Waals surface area contributed by atoms with Crippen molar-refractivity contribution < 1.29 is 9.53 Å². The molecule has 0 amide bonds. The van der Waals surface area contributed by atoms with Gasteiger partial charge >= 0.3 is 5.97 Å². The average molecular weight is 319 g/mol. The molecule has 3 rings (SSSR count). The number of benzene rings is 2. The molecule has 2 aromatic carbocycles. The Labute approximate surface area is 140 Å². The Morgan fingerprint density at radius 2 is 1.88 bits per heavy atom. The van der Waals surface area contributed by atoms with Gasteiger partial charge < -0.3 is 10.1 Å². The van der Waals surface area contributed by atoms with E-state index < -0.39 is 0 Å². The van der Waals surface area contributed by atoms with Gasteiger partial charge in [-0.25, -0.2) is 9.97 Å². The first-order valence-corrected chi connectivity index (χ1v) is 7.59. The number of esters is 1. The lowest BCUT2D eigenvalue weighted by atomic mass is 10.1. The molecule has 0 fully saturated rings. The van der Waals surface area contributed by atoms with Crippen molar-refractivity contribution in [2.45, 2.75) is 13.3 Å². The number of hydrogen-bond donors (Lipinski definition) is 1. The third-order valence-electron chi connectivity index (χ3n) is 3.33. The number of nitrogens with one attached hydrogen (secondary N) is 1. The van der Waals surface area contributed by atoms with Crippen LogP contribution in [0.25, 0.3) is 0 Å². The maximum Gasteiger partial charge on any atom is 0.315 e. The summed E-state index contributed by atoms with van der Waals surface area (Å²) in [6.45, 7) is 1.90. The van der Waals surface area contributed by atoms with Crippen molar-refractivity contribution in [2.75, 3.05) is 5.32 Å². The summed E-state index contributed by atoms with van der Waals surface area (Å²) in [5, 5.41) is 3.17. The summed E-state index contributed by atoms with van der Waals surface area (Å²) in [5.41, 5.74) is 2.59. The lowest BCUT2D eigenvalue weighted by Crippen LogP contribution is -2.11. The summed E-state index contributed by atoms with van der Waals surface area (Å²) in [7, 11) is 0. The van der Waals surface area contributed by atoms with Crippen LogP contribution in [-0.2, 0) is 11.2 Å². The molecule has 3 aromatic rings. The van der Waals surface area contributed by atoms with E-state index in [1.54, 1.807) is 12.1 Å². The highest BCUT2D eigenvalue weighted by atomic mass is 16.5. The molecule has 24 heavy (non-hydrogen) atoms. The van der Waals surface area contributed by atoms with Crippen LogP contribution in [-0.4, -0.2) is 15.9 Å². The van der Waals surface area contributed by atoms with Crippen molar-refractivity contribution >= 4 is 17.5 Å². The van der Waals surface area contributed by atoms with Crippen LogP contribution < -0.4 is 10.1 Å². The smallest absolute Gasteiger partial charge is 0.315 e. The first-order valence-electron chi connectivity index (χ1n) is 7.59. The van der Waals surface area contributed by atoms with Crippen LogP contribution in [0.2, 0.25) is 0 Å². The number of aromatic nitrogens is 2. The van der Waals surface area contributed by atoms with Gasteiger partial charge in [0.15, 0.2) is 0 Å². The lowest BCUT2D eigenvalue weighted by molar-refractivity contribution is -0.133. The summed E-state index contributed by atoms with van der Waals surface area (Å²) < 4.78 is 5.41. The highest BCUT2D eigenvalue weighted by Gasteiger charge is 2.07. The molecule has 5 heteroatoms.